The molecule has 3 amide bonds. The third-order valence-electron chi connectivity index (χ3n) is 3.69. The molecule has 0 unspecified atom stereocenters. The van der Waals surface area contributed by atoms with Crippen LogP contribution in [-0.2, 0) is 9.59 Å². The maximum Gasteiger partial charge on any atom is 0.273 e. The van der Waals surface area contributed by atoms with Crippen LogP contribution in [0.5, 0.6) is 5.75 Å². The number of rotatable bonds is 6. The van der Waals surface area contributed by atoms with Gasteiger partial charge in [-0.25, -0.2) is 0 Å². The van der Waals surface area contributed by atoms with Crippen molar-refractivity contribution in [1.82, 2.24) is 16.2 Å². The molecule has 2 aromatic carbocycles. The molecule has 0 aliphatic carbocycles. The molecule has 0 saturated heterocycles. The molecular weight excluding hydrogens is 370 g/mol. The van der Waals surface area contributed by atoms with Gasteiger partial charge < -0.3 is 10.1 Å². The molecule has 8 heteroatoms. The Balaban J connectivity index is 2.00. The molecule has 0 aromatic heterocycles. The van der Waals surface area contributed by atoms with E-state index in [0.29, 0.717) is 10.8 Å². The summed E-state index contributed by atoms with van der Waals surface area (Å²) in [5, 5.41) is 3.09. The highest BCUT2D eigenvalue weighted by Crippen LogP contribution is 2.22. The van der Waals surface area contributed by atoms with E-state index in [0.717, 1.165) is 5.56 Å². The predicted octanol–water partition coefficient (Wildman–Crippen LogP) is 2.38. The molecule has 0 heterocycles. The van der Waals surface area contributed by atoms with E-state index in [1.54, 1.807) is 12.1 Å². The topological polar surface area (TPSA) is 96.5 Å². The number of benzene rings is 2. The van der Waals surface area contributed by atoms with Gasteiger partial charge in [0.15, 0.2) is 0 Å². The molecule has 27 heavy (non-hydrogen) atoms. The fraction of sp³-hybridized carbons (Fsp3) is 0.211. The number of amides is 3. The lowest BCUT2D eigenvalue weighted by atomic mass is 10.0. The first-order valence-electron chi connectivity index (χ1n) is 8.15. The number of ether oxygens (including phenoxy) is 1. The zero-order valence-corrected chi connectivity index (χ0v) is 15.7. The highest BCUT2D eigenvalue weighted by Gasteiger charge is 2.18. The summed E-state index contributed by atoms with van der Waals surface area (Å²) in [6.07, 6.45) is -0.0451. The van der Waals surface area contributed by atoms with Gasteiger partial charge in [0, 0.05) is 11.9 Å². The monoisotopic (exact) mass is 389 g/mol. The Morgan fingerprint density at radius 3 is 2.41 bits per heavy atom. The van der Waals surface area contributed by atoms with Crippen LogP contribution in [0.4, 0.5) is 0 Å². The average Bonchev–Trinajstić information content (AvgIpc) is 2.66. The molecule has 0 fully saturated rings. The number of hydrazine groups is 1. The molecule has 2 aromatic rings. The van der Waals surface area contributed by atoms with Crippen LogP contribution in [0.15, 0.2) is 48.5 Å². The van der Waals surface area contributed by atoms with E-state index >= 15 is 0 Å². The quantitative estimate of drug-likeness (QED) is 0.661. The van der Waals surface area contributed by atoms with E-state index < -0.39 is 17.9 Å². The summed E-state index contributed by atoms with van der Waals surface area (Å²) < 4.78 is 5.11. The minimum absolute atomic E-state index is 0.0451. The second-order valence-electron chi connectivity index (χ2n) is 5.71. The van der Waals surface area contributed by atoms with Crippen LogP contribution < -0.4 is 20.9 Å². The van der Waals surface area contributed by atoms with E-state index in [2.05, 4.69) is 16.2 Å². The second kappa shape index (κ2) is 9.59. The van der Waals surface area contributed by atoms with Gasteiger partial charge >= 0.3 is 0 Å². The first kappa shape index (κ1) is 20.3. The molecule has 0 aliphatic heterocycles. The molecule has 0 bridgehead atoms. The number of methoxy groups -OCH3 is 1. The van der Waals surface area contributed by atoms with Gasteiger partial charge in [0.05, 0.1) is 25.1 Å². The average molecular weight is 390 g/mol. The van der Waals surface area contributed by atoms with E-state index in [4.69, 9.17) is 16.3 Å². The van der Waals surface area contributed by atoms with Crippen LogP contribution in [0.3, 0.4) is 0 Å². The van der Waals surface area contributed by atoms with Gasteiger partial charge in [-0.05, 0) is 23.8 Å². The van der Waals surface area contributed by atoms with Gasteiger partial charge in [-0.15, -0.1) is 0 Å². The largest absolute Gasteiger partial charge is 0.496 e. The van der Waals surface area contributed by atoms with Crippen molar-refractivity contribution in [3.05, 3.63) is 64.7 Å². The van der Waals surface area contributed by atoms with Crippen LogP contribution >= 0.6 is 11.6 Å². The third kappa shape index (κ3) is 6.00. The Morgan fingerprint density at radius 2 is 1.78 bits per heavy atom. The summed E-state index contributed by atoms with van der Waals surface area (Å²) >= 11 is 5.90. The number of hydrogen-bond acceptors (Lipinski definition) is 4. The van der Waals surface area contributed by atoms with Crippen molar-refractivity contribution in [3.63, 3.8) is 0 Å². The normalized spacial score (nSPS) is 11.2. The maximum atomic E-state index is 12.3. The molecule has 1 atom stereocenters. The molecule has 3 N–H and O–H groups in total. The van der Waals surface area contributed by atoms with Crippen molar-refractivity contribution >= 4 is 29.3 Å². The first-order valence-corrected chi connectivity index (χ1v) is 8.53. The van der Waals surface area contributed by atoms with Gasteiger partial charge in [-0.1, -0.05) is 41.9 Å². The fourth-order valence-corrected chi connectivity index (χ4v) is 2.64. The minimum Gasteiger partial charge on any atom is -0.496 e. The summed E-state index contributed by atoms with van der Waals surface area (Å²) in [6, 6.07) is 13.2. The van der Waals surface area contributed by atoms with Crippen molar-refractivity contribution in [2.75, 3.05) is 7.11 Å². The van der Waals surface area contributed by atoms with E-state index in [-0.39, 0.29) is 17.9 Å². The summed E-state index contributed by atoms with van der Waals surface area (Å²) in [5.74, 6) is -0.971. The van der Waals surface area contributed by atoms with Gasteiger partial charge in [0.2, 0.25) is 11.8 Å². The Morgan fingerprint density at radius 1 is 1.07 bits per heavy atom. The van der Waals surface area contributed by atoms with Gasteiger partial charge in [0.1, 0.15) is 5.75 Å². The Kier molecular flexibility index (Phi) is 7.19. The zero-order chi connectivity index (χ0) is 19.8. The second-order valence-corrected chi connectivity index (χ2v) is 6.15. The molecular formula is C19H20ClN3O4. The summed E-state index contributed by atoms with van der Waals surface area (Å²) in [6.45, 7) is 1.38. The van der Waals surface area contributed by atoms with Crippen molar-refractivity contribution in [2.24, 2.45) is 0 Å². The van der Waals surface area contributed by atoms with Gasteiger partial charge in [0.25, 0.3) is 5.91 Å². The summed E-state index contributed by atoms with van der Waals surface area (Å²) in [5.41, 5.74) is 5.63. The molecule has 0 saturated carbocycles. The smallest absolute Gasteiger partial charge is 0.273 e. The molecule has 7 nitrogen and oxygen atoms in total. The first-order chi connectivity index (χ1) is 12.9. The van der Waals surface area contributed by atoms with Crippen LogP contribution in [0.25, 0.3) is 0 Å². The van der Waals surface area contributed by atoms with Crippen LogP contribution in [0, 0.1) is 0 Å². The van der Waals surface area contributed by atoms with Crippen LogP contribution in [-0.4, -0.2) is 24.8 Å². The number of nitrogens with one attached hydrogen (secondary N) is 3. The van der Waals surface area contributed by atoms with E-state index in [1.807, 2.05) is 30.3 Å². The molecule has 142 valence electrons. The Bertz CT molecular complexity index is 827. The highest BCUT2D eigenvalue weighted by atomic mass is 35.5. The lowest BCUT2D eigenvalue weighted by molar-refractivity contribution is -0.123. The number of hydrogen-bond donors (Lipinski definition) is 3. The van der Waals surface area contributed by atoms with Gasteiger partial charge in [-0.2, -0.15) is 0 Å². The van der Waals surface area contributed by atoms with Crippen LogP contribution in [0.2, 0.25) is 5.02 Å². The van der Waals surface area contributed by atoms with Crippen LogP contribution in [0.1, 0.15) is 35.3 Å². The SMILES string of the molecule is COc1ccc(Cl)cc1C(=O)NNC(=O)C[C@@H](NC(C)=O)c1ccccc1. The molecule has 0 aliphatic rings. The fourth-order valence-electron chi connectivity index (χ4n) is 2.47. The van der Waals surface area contributed by atoms with Crippen molar-refractivity contribution in [2.45, 2.75) is 19.4 Å². The summed E-state index contributed by atoms with van der Waals surface area (Å²) in [4.78, 5) is 35.9. The standard InChI is InChI=1S/C19H20ClN3O4/c1-12(24)21-16(13-6-4-3-5-7-13)11-18(25)22-23-19(26)15-10-14(20)8-9-17(15)27-2/h3-10,16H,11H2,1-2H3,(H,21,24)(H,22,25)(H,23,26)/t16-/m1/s1. The number of carbonyl (C=O) groups is 3. The summed E-state index contributed by atoms with van der Waals surface area (Å²) in [7, 11) is 1.43. The molecule has 0 radical (unpaired) electrons. The van der Waals surface area contributed by atoms with Gasteiger partial charge in [-0.3, -0.25) is 25.2 Å². The maximum absolute atomic E-state index is 12.3. The molecule has 0 spiro atoms. The third-order valence-corrected chi connectivity index (χ3v) is 3.93. The van der Waals surface area contributed by atoms with Crippen molar-refractivity contribution in [1.29, 1.82) is 0 Å². The Hall–Kier alpha value is -3.06. The molecule has 2 rings (SSSR count). The number of halogens is 1. The highest BCUT2D eigenvalue weighted by molar-refractivity contribution is 6.31. The Labute approximate surface area is 162 Å². The lowest BCUT2D eigenvalue weighted by Crippen LogP contribution is -2.43. The number of carbonyl (C=O) groups excluding carboxylic acids is 3. The van der Waals surface area contributed by atoms with Crippen molar-refractivity contribution < 1.29 is 19.1 Å². The minimum atomic E-state index is -0.571. The predicted molar refractivity (Wildman–Crippen MR) is 101 cm³/mol. The lowest BCUT2D eigenvalue weighted by Gasteiger charge is -2.18. The zero-order valence-electron chi connectivity index (χ0n) is 14.9. The van der Waals surface area contributed by atoms with E-state index in [9.17, 15) is 14.4 Å². The van der Waals surface area contributed by atoms with Crippen molar-refractivity contribution in [3.8, 4) is 5.75 Å². The van der Waals surface area contributed by atoms with E-state index in [1.165, 1.54) is 20.1 Å².